The van der Waals surface area contributed by atoms with Gasteiger partial charge in [-0.3, -0.25) is 4.90 Å². The van der Waals surface area contributed by atoms with Gasteiger partial charge >= 0.3 is 6.09 Å². The second-order valence-electron chi connectivity index (χ2n) is 7.76. The Kier molecular flexibility index (Phi) is 5.75. The average Bonchev–Trinajstić information content (AvgIpc) is 2.71. The lowest BCUT2D eigenvalue weighted by Gasteiger charge is -2.44. The zero-order valence-corrected chi connectivity index (χ0v) is 16.0. The van der Waals surface area contributed by atoms with Crippen molar-refractivity contribution in [2.24, 2.45) is 0 Å². The molecule has 0 saturated carbocycles. The van der Waals surface area contributed by atoms with Crippen LogP contribution in [0.1, 0.15) is 43.2 Å². The van der Waals surface area contributed by atoms with E-state index in [4.69, 9.17) is 4.74 Å². The molecule has 1 amide bonds. The summed E-state index contributed by atoms with van der Waals surface area (Å²) in [5.41, 5.74) is 3.57. The lowest BCUT2D eigenvalue weighted by atomic mass is 9.83. The molecule has 1 saturated heterocycles. The first-order valence-electron chi connectivity index (χ1n) is 10.1. The number of carbonyl (C=O) groups is 1. The fourth-order valence-corrected chi connectivity index (χ4v) is 4.34. The van der Waals surface area contributed by atoms with Crippen LogP contribution in [0.15, 0.2) is 66.2 Å². The number of amides is 1. The van der Waals surface area contributed by atoms with Gasteiger partial charge in [0.2, 0.25) is 0 Å². The van der Waals surface area contributed by atoms with Crippen molar-refractivity contribution in [1.82, 2.24) is 4.90 Å². The van der Waals surface area contributed by atoms with E-state index in [9.17, 15) is 9.18 Å². The Bertz CT molecular complexity index is 831. The van der Waals surface area contributed by atoms with Gasteiger partial charge in [0.15, 0.2) is 0 Å². The van der Waals surface area contributed by atoms with E-state index in [2.05, 4.69) is 6.08 Å². The van der Waals surface area contributed by atoms with Crippen molar-refractivity contribution < 1.29 is 13.9 Å². The number of piperidine rings is 1. The Hall–Kier alpha value is -2.62. The van der Waals surface area contributed by atoms with E-state index >= 15 is 0 Å². The molecule has 2 aliphatic heterocycles. The maximum absolute atomic E-state index is 13.1. The van der Waals surface area contributed by atoms with Crippen LogP contribution in [0.25, 0.3) is 0 Å². The van der Waals surface area contributed by atoms with Gasteiger partial charge in [-0.2, -0.15) is 0 Å². The molecule has 28 heavy (non-hydrogen) atoms. The highest BCUT2D eigenvalue weighted by molar-refractivity contribution is 5.69. The summed E-state index contributed by atoms with van der Waals surface area (Å²) < 4.78 is 18.7. The highest BCUT2D eigenvalue weighted by Crippen LogP contribution is 2.35. The summed E-state index contributed by atoms with van der Waals surface area (Å²) >= 11 is 0. The lowest BCUT2D eigenvalue weighted by molar-refractivity contribution is 0.0479. The first kappa shape index (κ1) is 18.7. The predicted octanol–water partition coefficient (Wildman–Crippen LogP) is 5.65. The van der Waals surface area contributed by atoms with E-state index in [1.165, 1.54) is 17.7 Å². The Morgan fingerprint density at radius 3 is 2.54 bits per heavy atom. The predicted molar refractivity (Wildman–Crippen MR) is 107 cm³/mol. The third-order valence-electron chi connectivity index (χ3n) is 5.78. The molecule has 146 valence electrons. The van der Waals surface area contributed by atoms with Gasteiger partial charge in [-0.15, -0.1) is 0 Å². The highest BCUT2D eigenvalue weighted by Gasteiger charge is 2.37. The molecule has 0 N–H and O–H groups in total. The molecular formula is C24H26FNO2. The number of rotatable bonds is 5. The van der Waals surface area contributed by atoms with Crippen LogP contribution in [0, 0.1) is 5.82 Å². The summed E-state index contributed by atoms with van der Waals surface area (Å²) in [6, 6.07) is 16.9. The number of benzene rings is 2. The number of aryl methyl sites for hydroxylation is 1. The molecule has 2 unspecified atom stereocenters. The van der Waals surface area contributed by atoms with Crippen molar-refractivity contribution in [2.45, 2.75) is 57.2 Å². The smallest absolute Gasteiger partial charge is 0.410 e. The van der Waals surface area contributed by atoms with Gasteiger partial charge in [0.1, 0.15) is 12.4 Å². The van der Waals surface area contributed by atoms with E-state index in [1.807, 2.05) is 47.4 Å². The molecule has 1 fully saturated rings. The highest BCUT2D eigenvalue weighted by atomic mass is 19.1. The van der Waals surface area contributed by atoms with Crippen molar-refractivity contribution in [3.63, 3.8) is 0 Å². The second-order valence-corrected chi connectivity index (χ2v) is 7.76. The lowest BCUT2D eigenvalue weighted by Crippen LogP contribution is -2.51. The SMILES string of the molecule is O=C(OCc1ccccc1)N1C2C=C(CCc3ccc(F)cc3)CC1CCC2. The normalized spacial score (nSPS) is 21.2. The summed E-state index contributed by atoms with van der Waals surface area (Å²) in [5.74, 6) is -0.195. The molecule has 2 aromatic carbocycles. The summed E-state index contributed by atoms with van der Waals surface area (Å²) in [5, 5.41) is 0. The van der Waals surface area contributed by atoms with Crippen molar-refractivity contribution in [3.05, 3.63) is 83.2 Å². The number of hydrogen-bond acceptors (Lipinski definition) is 2. The number of hydrogen-bond donors (Lipinski definition) is 0. The fraction of sp³-hybridized carbons (Fsp3) is 0.375. The fourth-order valence-electron chi connectivity index (χ4n) is 4.34. The molecule has 4 heteroatoms. The first-order valence-corrected chi connectivity index (χ1v) is 10.1. The number of ether oxygens (including phenoxy) is 1. The van der Waals surface area contributed by atoms with Crippen molar-refractivity contribution in [1.29, 1.82) is 0 Å². The summed E-state index contributed by atoms with van der Waals surface area (Å²) in [7, 11) is 0. The Morgan fingerprint density at radius 2 is 1.79 bits per heavy atom. The molecule has 2 heterocycles. The van der Waals surface area contributed by atoms with Crippen LogP contribution >= 0.6 is 0 Å². The van der Waals surface area contributed by atoms with Gasteiger partial charge in [0.05, 0.1) is 6.04 Å². The van der Waals surface area contributed by atoms with E-state index in [1.54, 1.807) is 0 Å². The third kappa shape index (κ3) is 4.44. The van der Waals surface area contributed by atoms with E-state index < -0.39 is 0 Å². The summed E-state index contributed by atoms with van der Waals surface area (Å²) in [6.45, 7) is 0.316. The molecule has 3 nitrogen and oxygen atoms in total. The zero-order valence-electron chi connectivity index (χ0n) is 16.0. The van der Waals surface area contributed by atoms with Gasteiger partial charge in [0, 0.05) is 6.04 Å². The second kappa shape index (κ2) is 8.59. The number of halogens is 1. The van der Waals surface area contributed by atoms with E-state index in [-0.39, 0.29) is 24.0 Å². The molecule has 0 radical (unpaired) electrons. The van der Waals surface area contributed by atoms with Crippen LogP contribution in [-0.2, 0) is 17.8 Å². The minimum atomic E-state index is -0.201. The summed E-state index contributed by atoms with van der Waals surface area (Å²) in [4.78, 5) is 14.7. The van der Waals surface area contributed by atoms with Crippen molar-refractivity contribution in [2.75, 3.05) is 0 Å². The van der Waals surface area contributed by atoms with Crippen LogP contribution < -0.4 is 0 Å². The number of fused-ring (bicyclic) bond motifs is 2. The van der Waals surface area contributed by atoms with Crippen LogP contribution in [0.2, 0.25) is 0 Å². The van der Waals surface area contributed by atoms with Gasteiger partial charge in [-0.05, 0) is 61.8 Å². The third-order valence-corrected chi connectivity index (χ3v) is 5.78. The minimum absolute atomic E-state index is 0.138. The molecule has 4 rings (SSSR count). The van der Waals surface area contributed by atoms with Crippen LogP contribution in [0.4, 0.5) is 9.18 Å². The van der Waals surface area contributed by atoms with Gasteiger partial charge in [-0.1, -0.05) is 54.1 Å². The monoisotopic (exact) mass is 379 g/mol. The largest absolute Gasteiger partial charge is 0.445 e. The van der Waals surface area contributed by atoms with E-state index in [0.29, 0.717) is 6.61 Å². The standard InChI is InChI=1S/C24H26FNO2/c25-21-13-11-18(12-14-21)9-10-20-15-22-7-4-8-23(16-20)26(22)24(27)28-17-19-5-2-1-3-6-19/h1-3,5-6,11-15,22-23H,4,7-10,16-17H2. The summed E-state index contributed by atoms with van der Waals surface area (Å²) in [6.07, 6.45) is 8.03. The Balaban J connectivity index is 1.37. The van der Waals surface area contributed by atoms with Crippen molar-refractivity contribution >= 4 is 6.09 Å². The van der Waals surface area contributed by atoms with Crippen LogP contribution in [0.3, 0.4) is 0 Å². The van der Waals surface area contributed by atoms with Gasteiger partial charge in [-0.25, -0.2) is 9.18 Å². The molecule has 2 aromatic rings. The van der Waals surface area contributed by atoms with Crippen molar-refractivity contribution in [3.8, 4) is 0 Å². The number of nitrogens with zero attached hydrogens (tertiary/aromatic N) is 1. The molecule has 0 spiro atoms. The quantitative estimate of drug-likeness (QED) is 0.629. The molecule has 0 aliphatic carbocycles. The molecule has 2 bridgehead atoms. The zero-order chi connectivity index (χ0) is 19.3. The molecular weight excluding hydrogens is 353 g/mol. The topological polar surface area (TPSA) is 29.5 Å². The Morgan fingerprint density at radius 1 is 1.00 bits per heavy atom. The molecule has 2 atom stereocenters. The molecule has 2 aliphatic rings. The first-order chi connectivity index (χ1) is 13.7. The van der Waals surface area contributed by atoms with Crippen LogP contribution in [0.5, 0.6) is 0 Å². The average molecular weight is 379 g/mol. The minimum Gasteiger partial charge on any atom is -0.445 e. The van der Waals surface area contributed by atoms with Gasteiger partial charge < -0.3 is 4.74 Å². The number of carbonyl (C=O) groups excluding carboxylic acids is 1. The van der Waals surface area contributed by atoms with Crippen LogP contribution in [-0.4, -0.2) is 23.1 Å². The van der Waals surface area contributed by atoms with E-state index in [0.717, 1.165) is 49.7 Å². The van der Waals surface area contributed by atoms with Gasteiger partial charge in [0.25, 0.3) is 0 Å². The Labute approximate surface area is 165 Å². The maximum Gasteiger partial charge on any atom is 0.410 e. The maximum atomic E-state index is 13.1. The molecule has 0 aromatic heterocycles.